The molecular weight excluding hydrogens is 180 g/mol. The third-order valence-corrected chi connectivity index (χ3v) is 1.23. The van der Waals surface area contributed by atoms with Gasteiger partial charge in [0.25, 0.3) is 5.91 Å². The van der Waals surface area contributed by atoms with E-state index in [9.17, 15) is 9.59 Å². The SMILES string of the molecule is NC1(O)C=CC(OC(=O)O)=NC1=O. The summed E-state index contributed by atoms with van der Waals surface area (Å²) in [6, 6.07) is 0. The van der Waals surface area contributed by atoms with Crippen molar-refractivity contribution in [2.45, 2.75) is 5.72 Å². The average molecular weight is 186 g/mol. The maximum atomic E-state index is 10.8. The van der Waals surface area contributed by atoms with Crippen LogP contribution in [0.15, 0.2) is 17.1 Å². The summed E-state index contributed by atoms with van der Waals surface area (Å²) in [4.78, 5) is 23.9. The van der Waals surface area contributed by atoms with Crippen molar-refractivity contribution in [2.24, 2.45) is 10.7 Å². The van der Waals surface area contributed by atoms with Gasteiger partial charge in [0, 0.05) is 6.08 Å². The lowest BCUT2D eigenvalue weighted by molar-refractivity contribution is -0.131. The van der Waals surface area contributed by atoms with Crippen LogP contribution in [0.2, 0.25) is 0 Å². The van der Waals surface area contributed by atoms with Gasteiger partial charge in [-0.1, -0.05) is 0 Å². The quantitative estimate of drug-likeness (QED) is 0.323. The minimum absolute atomic E-state index is 0.423. The number of carbonyl (C=O) groups excluding carboxylic acids is 1. The minimum atomic E-state index is -2.18. The number of ether oxygens (including phenoxy) is 1. The van der Waals surface area contributed by atoms with Crippen molar-refractivity contribution in [3.8, 4) is 0 Å². The van der Waals surface area contributed by atoms with Crippen molar-refractivity contribution in [3.63, 3.8) is 0 Å². The first kappa shape index (κ1) is 9.36. The van der Waals surface area contributed by atoms with E-state index >= 15 is 0 Å². The van der Waals surface area contributed by atoms with Gasteiger partial charge < -0.3 is 14.9 Å². The van der Waals surface area contributed by atoms with E-state index in [0.717, 1.165) is 12.2 Å². The largest absolute Gasteiger partial charge is 0.512 e. The van der Waals surface area contributed by atoms with Crippen LogP contribution in [0.1, 0.15) is 0 Å². The Kier molecular flexibility index (Phi) is 2.13. The molecule has 1 aliphatic rings. The first-order valence-electron chi connectivity index (χ1n) is 3.16. The van der Waals surface area contributed by atoms with Crippen LogP contribution in [0.25, 0.3) is 0 Å². The fourth-order valence-electron chi connectivity index (χ4n) is 0.643. The van der Waals surface area contributed by atoms with Crippen LogP contribution < -0.4 is 5.73 Å². The van der Waals surface area contributed by atoms with Crippen LogP contribution >= 0.6 is 0 Å². The lowest BCUT2D eigenvalue weighted by atomic mass is 10.2. The molecule has 0 aliphatic carbocycles. The van der Waals surface area contributed by atoms with Crippen LogP contribution in [0.4, 0.5) is 4.79 Å². The molecule has 7 nitrogen and oxygen atoms in total. The molecule has 0 bridgehead atoms. The van der Waals surface area contributed by atoms with Crippen molar-refractivity contribution in [3.05, 3.63) is 12.2 Å². The number of carboxylic acid groups (broad SMARTS) is 1. The lowest BCUT2D eigenvalue weighted by Gasteiger charge is -2.17. The molecule has 0 fully saturated rings. The number of nitrogens with two attached hydrogens (primary N) is 1. The summed E-state index contributed by atoms with van der Waals surface area (Å²) in [5, 5.41) is 17.2. The molecule has 1 aliphatic heterocycles. The van der Waals surface area contributed by atoms with Gasteiger partial charge in [-0.3, -0.25) is 10.5 Å². The first-order chi connectivity index (χ1) is 5.92. The zero-order valence-electron chi connectivity index (χ0n) is 6.30. The Labute approximate surface area is 72.1 Å². The molecule has 0 aromatic carbocycles. The third-order valence-electron chi connectivity index (χ3n) is 1.23. The normalized spacial score (nSPS) is 26.9. The maximum absolute atomic E-state index is 10.8. The molecule has 1 atom stereocenters. The number of amides is 1. The lowest BCUT2D eigenvalue weighted by Crippen LogP contribution is -2.47. The Hall–Kier alpha value is -1.73. The molecule has 1 heterocycles. The molecular formula is C6H6N2O5. The maximum Gasteiger partial charge on any atom is 0.512 e. The molecule has 13 heavy (non-hydrogen) atoms. The van der Waals surface area contributed by atoms with Gasteiger partial charge >= 0.3 is 6.16 Å². The van der Waals surface area contributed by atoms with E-state index in [0.29, 0.717) is 0 Å². The Morgan fingerprint density at radius 2 is 2.31 bits per heavy atom. The monoisotopic (exact) mass is 186 g/mol. The molecule has 4 N–H and O–H groups in total. The molecule has 1 amide bonds. The van der Waals surface area contributed by atoms with Gasteiger partial charge in [0.15, 0.2) is 0 Å². The highest BCUT2D eigenvalue weighted by atomic mass is 16.7. The number of nitrogens with zero attached hydrogens (tertiary/aromatic N) is 1. The van der Waals surface area contributed by atoms with Crippen LogP contribution in [-0.4, -0.2) is 33.9 Å². The molecule has 0 aromatic rings. The highest BCUT2D eigenvalue weighted by Gasteiger charge is 2.31. The van der Waals surface area contributed by atoms with E-state index in [2.05, 4.69) is 9.73 Å². The smallest absolute Gasteiger partial charge is 0.449 e. The van der Waals surface area contributed by atoms with Crippen molar-refractivity contribution in [2.75, 3.05) is 0 Å². The molecule has 0 aromatic heterocycles. The predicted molar refractivity (Wildman–Crippen MR) is 39.8 cm³/mol. The fourth-order valence-corrected chi connectivity index (χ4v) is 0.643. The van der Waals surface area contributed by atoms with Gasteiger partial charge in [-0.05, 0) is 6.08 Å². The molecule has 1 unspecified atom stereocenters. The van der Waals surface area contributed by atoms with Crippen LogP contribution in [0, 0.1) is 0 Å². The van der Waals surface area contributed by atoms with Crippen LogP contribution in [0.5, 0.6) is 0 Å². The van der Waals surface area contributed by atoms with Gasteiger partial charge in [-0.15, -0.1) is 0 Å². The Balaban J connectivity index is 2.80. The third kappa shape index (κ3) is 2.10. The van der Waals surface area contributed by atoms with E-state index in [1.54, 1.807) is 0 Å². The number of aliphatic hydroxyl groups is 1. The number of rotatable bonds is 0. The summed E-state index contributed by atoms with van der Waals surface area (Å²) in [6.07, 6.45) is 0.287. The molecule has 7 heteroatoms. The van der Waals surface area contributed by atoms with E-state index in [4.69, 9.17) is 15.9 Å². The predicted octanol–water partition coefficient (Wildman–Crippen LogP) is -1.18. The second-order valence-electron chi connectivity index (χ2n) is 2.28. The molecule has 0 radical (unpaired) electrons. The van der Waals surface area contributed by atoms with Crippen molar-refractivity contribution < 1.29 is 24.5 Å². The van der Waals surface area contributed by atoms with E-state index < -0.39 is 23.7 Å². The topological polar surface area (TPSA) is 122 Å². The zero-order valence-corrected chi connectivity index (χ0v) is 6.30. The summed E-state index contributed by atoms with van der Waals surface area (Å²) in [5.41, 5.74) is 2.85. The Morgan fingerprint density at radius 3 is 2.77 bits per heavy atom. The summed E-state index contributed by atoms with van der Waals surface area (Å²) < 4.78 is 4.05. The van der Waals surface area contributed by atoms with Crippen molar-refractivity contribution >= 4 is 18.0 Å². The standard InChI is InChI=1S/C6H6N2O5/c7-6(12)2-1-3(8-4(6)9)13-5(10)11/h1-2,12H,7H2,(H,10,11). The number of aliphatic imine (C=N–C) groups is 1. The number of hydrogen-bond acceptors (Lipinski definition) is 5. The Morgan fingerprint density at radius 1 is 1.69 bits per heavy atom. The van der Waals surface area contributed by atoms with E-state index in [1.165, 1.54) is 0 Å². The highest BCUT2D eigenvalue weighted by Crippen LogP contribution is 2.07. The molecule has 0 saturated heterocycles. The van der Waals surface area contributed by atoms with E-state index in [1.807, 2.05) is 0 Å². The summed E-state index contributed by atoms with van der Waals surface area (Å²) >= 11 is 0. The number of carbonyl (C=O) groups is 2. The highest BCUT2D eigenvalue weighted by molar-refractivity contribution is 6.06. The minimum Gasteiger partial charge on any atom is -0.449 e. The van der Waals surface area contributed by atoms with Crippen LogP contribution in [-0.2, 0) is 9.53 Å². The van der Waals surface area contributed by atoms with Crippen molar-refractivity contribution in [1.29, 1.82) is 0 Å². The van der Waals surface area contributed by atoms with Gasteiger partial charge in [0.2, 0.25) is 11.6 Å². The fraction of sp³-hybridized carbons (Fsp3) is 0.167. The summed E-state index contributed by atoms with van der Waals surface area (Å²) in [5.74, 6) is -1.50. The van der Waals surface area contributed by atoms with E-state index in [-0.39, 0.29) is 0 Å². The van der Waals surface area contributed by atoms with Gasteiger partial charge in [0.1, 0.15) is 0 Å². The Bertz CT molecular complexity index is 317. The van der Waals surface area contributed by atoms with Crippen LogP contribution in [0.3, 0.4) is 0 Å². The number of hydrogen-bond donors (Lipinski definition) is 3. The van der Waals surface area contributed by atoms with Gasteiger partial charge in [-0.25, -0.2) is 4.79 Å². The molecule has 1 rings (SSSR count). The zero-order chi connectivity index (χ0) is 10.1. The average Bonchev–Trinajstić information content (AvgIpc) is 1.97. The summed E-state index contributed by atoms with van der Waals surface area (Å²) in [6.45, 7) is 0. The summed E-state index contributed by atoms with van der Waals surface area (Å²) in [7, 11) is 0. The molecule has 0 spiro atoms. The first-order valence-corrected chi connectivity index (χ1v) is 3.16. The second kappa shape index (κ2) is 2.96. The van der Waals surface area contributed by atoms with Gasteiger partial charge in [-0.2, -0.15) is 4.99 Å². The van der Waals surface area contributed by atoms with Gasteiger partial charge in [0.05, 0.1) is 0 Å². The number of dihydropyridines is 1. The second-order valence-corrected chi connectivity index (χ2v) is 2.28. The molecule has 70 valence electrons. The van der Waals surface area contributed by atoms with Crippen molar-refractivity contribution in [1.82, 2.24) is 0 Å². The molecule has 0 saturated carbocycles.